The molecule has 0 heterocycles. The maximum absolute atomic E-state index is 7.78. The summed E-state index contributed by atoms with van der Waals surface area (Å²) in [4.78, 5) is 0. The third-order valence-corrected chi connectivity index (χ3v) is 8.58. The van der Waals surface area contributed by atoms with E-state index in [1.165, 1.54) is 0 Å². The molecule has 0 unspecified atom stereocenters. The van der Waals surface area contributed by atoms with E-state index in [-0.39, 0.29) is 3.90 Å². The second kappa shape index (κ2) is 3.81. The minimum absolute atomic E-state index is 0.245. The highest BCUT2D eigenvalue weighted by atomic mass is 127. The Labute approximate surface area is 98.3 Å². The average Bonchev–Trinajstić information content (AvgIpc) is 1.78. The average molecular weight is 313 g/mol. The van der Waals surface area contributed by atoms with Crippen LogP contribution in [0, 0.1) is 0 Å². The van der Waals surface area contributed by atoms with Crippen LogP contribution in [-0.2, 0) is 4.43 Å². The van der Waals surface area contributed by atoms with E-state index < -0.39 is 8.32 Å². The molecule has 78 valence electrons. The first kappa shape index (κ1) is 10.4. The molecule has 0 aromatic heterocycles. The lowest BCUT2D eigenvalue weighted by molar-refractivity contribution is 0.114. The third-order valence-electron chi connectivity index (χ3n) is 3.17. The van der Waals surface area contributed by atoms with E-state index in [2.05, 4.69) is 56.5 Å². The van der Waals surface area contributed by atoms with Gasteiger partial charge in [0, 0.05) is 11.4 Å². The first-order valence-corrected chi connectivity index (χ1v) is 8.89. The molecule has 13 heavy (non-hydrogen) atoms. The lowest BCUT2D eigenvalue weighted by Crippen LogP contribution is -2.47. The Morgan fingerprint density at radius 3 is 2.15 bits per heavy atom. The Morgan fingerprint density at radius 1 is 1.38 bits per heavy atom. The SMILES string of the molecule is [2H]C1(I)CC(O[Si](C)(C)C(C)(C)C)C1. The molecule has 0 radical (unpaired) electrons. The molecule has 1 aliphatic rings. The maximum Gasteiger partial charge on any atom is 0.192 e. The standard InChI is InChI=1S/C10H21IOSi/c1-10(2,3)13(4,5)12-9-6-8(11)7-9/h8-9H,6-7H2,1-5H3/i8D. The summed E-state index contributed by atoms with van der Waals surface area (Å²) < 4.78 is 13.7. The Kier molecular flexibility index (Phi) is 3.06. The zero-order chi connectivity index (χ0) is 11.2. The van der Waals surface area contributed by atoms with Crippen LogP contribution in [-0.4, -0.2) is 18.3 Å². The van der Waals surface area contributed by atoms with Gasteiger partial charge in [-0.1, -0.05) is 43.4 Å². The van der Waals surface area contributed by atoms with Crippen molar-refractivity contribution in [3.63, 3.8) is 0 Å². The van der Waals surface area contributed by atoms with Gasteiger partial charge in [0.25, 0.3) is 0 Å². The van der Waals surface area contributed by atoms with Gasteiger partial charge in [0.2, 0.25) is 0 Å². The topological polar surface area (TPSA) is 9.23 Å². The molecule has 1 aliphatic carbocycles. The first-order chi connectivity index (χ1) is 6.04. The predicted octanol–water partition coefficient (Wildman–Crippen LogP) is 3.97. The van der Waals surface area contributed by atoms with Crippen LogP contribution >= 0.6 is 22.6 Å². The number of rotatable bonds is 2. The van der Waals surface area contributed by atoms with Crippen molar-refractivity contribution in [2.45, 2.75) is 61.7 Å². The summed E-state index contributed by atoms with van der Waals surface area (Å²) in [5.41, 5.74) is 0. The number of hydrogen-bond donors (Lipinski definition) is 0. The van der Waals surface area contributed by atoms with Crippen molar-refractivity contribution >= 4 is 30.9 Å². The fraction of sp³-hybridized carbons (Fsp3) is 1.00. The molecular weight excluding hydrogens is 291 g/mol. The van der Waals surface area contributed by atoms with E-state index in [1.54, 1.807) is 0 Å². The van der Waals surface area contributed by atoms with E-state index in [0.29, 0.717) is 11.1 Å². The van der Waals surface area contributed by atoms with Gasteiger partial charge in [-0.05, 0) is 31.0 Å². The van der Waals surface area contributed by atoms with Crippen molar-refractivity contribution in [1.82, 2.24) is 0 Å². The van der Waals surface area contributed by atoms with E-state index in [9.17, 15) is 0 Å². The summed E-state index contributed by atoms with van der Waals surface area (Å²) in [6.07, 6.45) is 2.16. The maximum atomic E-state index is 7.78. The van der Waals surface area contributed by atoms with E-state index in [0.717, 1.165) is 12.8 Å². The molecule has 0 bridgehead atoms. The van der Waals surface area contributed by atoms with Gasteiger partial charge in [-0.3, -0.25) is 0 Å². The normalized spacial score (nSPS) is 36.8. The number of halogens is 1. The summed E-state index contributed by atoms with van der Waals surface area (Å²) in [6.45, 7) is 11.3. The van der Waals surface area contributed by atoms with Crippen molar-refractivity contribution in [2.75, 3.05) is 0 Å². The molecule has 0 aromatic carbocycles. The monoisotopic (exact) mass is 313 g/mol. The van der Waals surface area contributed by atoms with Crippen molar-refractivity contribution in [3.05, 3.63) is 0 Å². The van der Waals surface area contributed by atoms with Crippen LogP contribution in [0.4, 0.5) is 0 Å². The van der Waals surface area contributed by atoms with Gasteiger partial charge in [-0.2, -0.15) is 0 Å². The van der Waals surface area contributed by atoms with Gasteiger partial charge in [0.05, 0.1) is 0 Å². The van der Waals surface area contributed by atoms with E-state index in [4.69, 9.17) is 5.80 Å². The summed E-state index contributed by atoms with van der Waals surface area (Å²) in [7, 11) is -1.59. The molecule has 1 rings (SSSR count). The van der Waals surface area contributed by atoms with Crippen molar-refractivity contribution < 1.29 is 5.80 Å². The summed E-state index contributed by atoms with van der Waals surface area (Å²) in [6, 6.07) is 0. The highest BCUT2D eigenvalue weighted by molar-refractivity contribution is 14.1. The molecule has 0 aliphatic heterocycles. The minimum atomic E-state index is -1.59. The Morgan fingerprint density at radius 2 is 1.85 bits per heavy atom. The summed E-state index contributed by atoms with van der Waals surface area (Å²) in [5, 5.41) is 0.290. The molecule has 0 aromatic rings. The fourth-order valence-electron chi connectivity index (χ4n) is 1.11. The van der Waals surface area contributed by atoms with E-state index in [1.807, 2.05) is 0 Å². The first-order valence-electron chi connectivity index (χ1n) is 5.40. The van der Waals surface area contributed by atoms with Gasteiger partial charge in [-0.15, -0.1) is 0 Å². The third kappa shape index (κ3) is 2.93. The van der Waals surface area contributed by atoms with Gasteiger partial charge in [0.1, 0.15) is 0 Å². The van der Waals surface area contributed by atoms with Crippen molar-refractivity contribution in [3.8, 4) is 0 Å². The molecule has 0 saturated heterocycles. The number of hydrogen-bond acceptors (Lipinski definition) is 1. The van der Waals surface area contributed by atoms with Crippen LogP contribution in [0.15, 0.2) is 0 Å². The molecule has 3 heteroatoms. The molecule has 0 amide bonds. The second-order valence-corrected chi connectivity index (χ2v) is 11.7. The highest BCUT2D eigenvalue weighted by Gasteiger charge is 2.41. The Bertz CT molecular complexity index is 215. The zero-order valence-corrected chi connectivity index (χ0v) is 12.4. The van der Waals surface area contributed by atoms with Crippen LogP contribution in [0.2, 0.25) is 18.1 Å². The van der Waals surface area contributed by atoms with Crippen molar-refractivity contribution in [1.29, 1.82) is 0 Å². The zero-order valence-electron chi connectivity index (χ0n) is 10.3. The molecule has 0 N–H and O–H groups in total. The molecule has 0 spiro atoms. The number of alkyl halides is 1. The minimum Gasteiger partial charge on any atom is -0.414 e. The molecule has 1 saturated carbocycles. The lowest BCUT2D eigenvalue weighted by atomic mass is 9.97. The molecule has 1 nitrogen and oxygen atoms in total. The smallest absolute Gasteiger partial charge is 0.192 e. The highest BCUT2D eigenvalue weighted by Crippen LogP contribution is 2.41. The Hall–Kier alpha value is 0.907. The van der Waals surface area contributed by atoms with Gasteiger partial charge >= 0.3 is 0 Å². The quantitative estimate of drug-likeness (QED) is 0.426. The van der Waals surface area contributed by atoms with Crippen LogP contribution < -0.4 is 0 Å². The summed E-state index contributed by atoms with van der Waals surface area (Å²) in [5.74, 6) is 0. The fourth-order valence-corrected chi connectivity index (χ4v) is 3.45. The van der Waals surface area contributed by atoms with Crippen LogP contribution in [0.1, 0.15) is 35.0 Å². The molecule has 0 atom stereocenters. The summed E-state index contributed by atoms with van der Waals surface area (Å²) >= 11 is 2.22. The van der Waals surface area contributed by atoms with Crippen LogP contribution in [0.5, 0.6) is 0 Å². The van der Waals surface area contributed by atoms with Gasteiger partial charge in [-0.25, -0.2) is 0 Å². The van der Waals surface area contributed by atoms with Gasteiger partial charge in [0.15, 0.2) is 8.32 Å². The van der Waals surface area contributed by atoms with Crippen molar-refractivity contribution in [2.24, 2.45) is 0 Å². The lowest BCUT2D eigenvalue weighted by Gasteiger charge is -2.43. The molecular formula is C10H21IOSi. The van der Waals surface area contributed by atoms with Crippen LogP contribution in [0.25, 0.3) is 0 Å². The molecule has 1 fully saturated rings. The predicted molar refractivity (Wildman–Crippen MR) is 69.1 cm³/mol. The van der Waals surface area contributed by atoms with Crippen LogP contribution in [0.3, 0.4) is 0 Å². The largest absolute Gasteiger partial charge is 0.414 e. The van der Waals surface area contributed by atoms with Gasteiger partial charge < -0.3 is 4.43 Å². The van der Waals surface area contributed by atoms with E-state index >= 15 is 0 Å². The second-order valence-electron chi connectivity index (χ2n) is 5.43. The Balaban J connectivity index is 2.46.